The number of nitrogens with one attached hydrogen (secondary N) is 2. The topological polar surface area (TPSA) is 62.7 Å². The van der Waals surface area contributed by atoms with E-state index in [4.69, 9.17) is 11.6 Å². The van der Waals surface area contributed by atoms with Crippen molar-refractivity contribution < 1.29 is 0 Å². The van der Waals surface area contributed by atoms with E-state index >= 15 is 0 Å². The van der Waals surface area contributed by atoms with Crippen molar-refractivity contribution in [2.75, 3.05) is 10.6 Å². The van der Waals surface area contributed by atoms with E-state index in [-0.39, 0.29) is 0 Å². The van der Waals surface area contributed by atoms with Gasteiger partial charge in [0.1, 0.15) is 0 Å². The lowest BCUT2D eigenvalue weighted by Crippen LogP contribution is -2.07. The van der Waals surface area contributed by atoms with E-state index in [0.29, 0.717) is 23.3 Å². The van der Waals surface area contributed by atoms with Crippen LogP contribution in [-0.2, 0) is 13.0 Å². The number of rotatable bonds is 6. The van der Waals surface area contributed by atoms with Crippen molar-refractivity contribution in [3.05, 3.63) is 70.4 Å². The SMILES string of the molecule is CCc1cccc(C)c1Nc1cnnc(NCc2ccccc2Cl)n1. The highest BCUT2D eigenvalue weighted by Crippen LogP contribution is 2.24. The molecule has 0 radical (unpaired) electrons. The molecule has 0 saturated heterocycles. The molecule has 0 aliphatic heterocycles. The van der Waals surface area contributed by atoms with E-state index in [1.165, 1.54) is 11.1 Å². The van der Waals surface area contributed by atoms with Crippen LogP contribution in [0.15, 0.2) is 48.7 Å². The first kappa shape index (κ1) is 17.2. The fraction of sp³-hybridized carbons (Fsp3) is 0.211. The molecule has 0 amide bonds. The van der Waals surface area contributed by atoms with Gasteiger partial charge in [-0.1, -0.05) is 54.9 Å². The number of hydrogen-bond donors (Lipinski definition) is 2. The third kappa shape index (κ3) is 4.25. The minimum absolute atomic E-state index is 0.455. The number of benzene rings is 2. The molecule has 3 aromatic rings. The number of anilines is 3. The molecule has 3 rings (SSSR count). The van der Waals surface area contributed by atoms with E-state index in [9.17, 15) is 0 Å². The van der Waals surface area contributed by atoms with Crippen molar-refractivity contribution in [1.29, 1.82) is 0 Å². The molecule has 128 valence electrons. The average molecular weight is 354 g/mol. The normalized spacial score (nSPS) is 10.5. The van der Waals surface area contributed by atoms with Crippen LogP contribution in [-0.4, -0.2) is 15.2 Å². The van der Waals surface area contributed by atoms with Gasteiger partial charge >= 0.3 is 0 Å². The maximum atomic E-state index is 6.17. The first-order valence-electron chi connectivity index (χ1n) is 8.20. The summed E-state index contributed by atoms with van der Waals surface area (Å²) in [7, 11) is 0. The molecule has 1 heterocycles. The molecule has 25 heavy (non-hydrogen) atoms. The fourth-order valence-corrected chi connectivity index (χ4v) is 2.79. The van der Waals surface area contributed by atoms with Gasteiger partial charge in [0.2, 0.25) is 5.95 Å². The predicted octanol–water partition coefficient (Wildman–Crippen LogP) is 4.75. The first-order valence-corrected chi connectivity index (χ1v) is 8.57. The summed E-state index contributed by atoms with van der Waals surface area (Å²) in [4.78, 5) is 4.49. The highest BCUT2D eigenvalue weighted by atomic mass is 35.5. The molecule has 0 saturated carbocycles. The molecule has 0 aliphatic carbocycles. The van der Waals surface area contributed by atoms with Gasteiger partial charge in [-0.2, -0.15) is 10.1 Å². The highest BCUT2D eigenvalue weighted by molar-refractivity contribution is 6.31. The van der Waals surface area contributed by atoms with Gasteiger partial charge in [-0.3, -0.25) is 0 Å². The van der Waals surface area contributed by atoms with Crippen molar-refractivity contribution in [3.63, 3.8) is 0 Å². The molecule has 0 bridgehead atoms. The van der Waals surface area contributed by atoms with Crippen LogP contribution in [0.1, 0.15) is 23.6 Å². The molecule has 0 aliphatic rings. The van der Waals surface area contributed by atoms with Crippen molar-refractivity contribution in [1.82, 2.24) is 15.2 Å². The van der Waals surface area contributed by atoms with Crippen molar-refractivity contribution >= 4 is 29.1 Å². The molecule has 0 atom stereocenters. The number of hydrogen-bond acceptors (Lipinski definition) is 5. The molecule has 2 N–H and O–H groups in total. The molecule has 5 nitrogen and oxygen atoms in total. The second-order valence-electron chi connectivity index (χ2n) is 5.70. The maximum Gasteiger partial charge on any atom is 0.244 e. The number of aryl methyl sites for hydroxylation is 2. The number of aromatic nitrogens is 3. The summed E-state index contributed by atoms with van der Waals surface area (Å²) < 4.78 is 0. The van der Waals surface area contributed by atoms with Crippen LogP contribution in [0.5, 0.6) is 0 Å². The first-order chi connectivity index (χ1) is 12.2. The quantitative estimate of drug-likeness (QED) is 0.669. The van der Waals surface area contributed by atoms with E-state index in [2.05, 4.69) is 57.9 Å². The molecule has 1 aromatic heterocycles. The van der Waals surface area contributed by atoms with Gasteiger partial charge in [0.05, 0.1) is 6.20 Å². The van der Waals surface area contributed by atoms with Crippen molar-refractivity contribution in [3.8, 4) is 0 Å². The molecule has 0 spiro atoms. The third-order valence-corrected chi connectivity index (χ3v) is 4.32. The highest BCUT2D eigenvalue weighted by Gasteiger charge is 2.07. The summed E-state index contributed by atoms with van der Waals surface area (Å²) in [6.07, 6.45) is 2.56. The second kappa shape index (κ2) is 7.94. The minimum Gasteiger partial charge on any atom is -0.349 e. The van der Waals surface area contributed by atoms with Gasteiger partial charge < -0.3 is 10.6 Å². The molecule has 2 aromatic carbocycles. The summed E-state index contributed by atoms with van der Waals surface area (Å²) >= 11 is 6.17. The Morgan fingerprint density at radius 2 is 1.84 bits per heavy atom. The lowest BCUT2D eigenvalue weighted by Gasteiger charge is -2.13. The largest absolute Gasteiger partial charge is 0.349 e. The van der Waals surface area contributed by atoms with Gasteiger partial charge in [0.15, 0.2) is 5.82 Å². The van der Waals surface area contributed by atoms with E-state index in [0.717, 1.165) is 17.7 Å². The van der Waals surface area contributed by atoms with Crippen molar-refractivity contribution in [2.24, 2.45) is 0 Å². The second-order valence-corrected chi connectivity index (χ2v) is 6.10. The Bertz CT molecular complexity index is 866. The molecule has 0 fully saturated rings. The van der Waals surface area contributed by atoms with Gasteiger partial charge in [-0.05, 0) is 36.1 Å². The standard InChI is InChI=1S/C19H20ClN5/c1-3-14-9-6-7-13(2)18(14)23-17-12-22-25-19(24-17)21-11-15-8-4-5-10-16(15)20/h4-10,12H,3,11H2,1-2H3,(H2,21,23,24,25). The number of para-hydroxylation sites is 1. The van der Waals surface area contributed by atoms with Crippen LogP contribution in [0, 0.1) is 6.92 Å². The monoisotopic (exact) mass is 353 g/mol. The Morgan fingerprint density at radius 1 is 1.04 bits per heavy atom. The predicted molar refractivity (Wildman–Crippen MR) is 102 cm³/mol. The Kier molecular flexibility index (Phi) is 5.46. The number of nitrogens with zero attached hydrogens (tertiary/aromatic N) is 3. The van der Waals surface area contributed by atoms with Crippen LogP contribution in [0.3, 0.4) is 0 Å². The van der Waals surface area contributed by atoms with E-state index in [1.54, 1.807) is 6.20 Å². The van der Waals surface area contributed by atoms with Crippen LogP contribution in [0.25, 0.3) is 0 Å². The fourth-order valence-electron chi connectivity index (χ4n) is 2.58. The number of halogens is 1. The van der Waals surface area contributed by atoms with Gasteiger partial charge in [-0.25, -0.2) is 0 Å². The zero-order chi connectivity index (χ0) is 17.6. The molecular formula is C19H20ClN5. The smallest absolute Gasteiger partial charge is 0.244 e. The lowest BCUT2D eigenvalue weighted by molar-refractivity contribution is 0.948. The Morgan fingerprint density at radius 3 is 2.64 bits per heavy atom. The minimum atomic E-state index is 0.455. The summed E-state index contributed by atoms with van der Waals surface area (Å²) in [5.41, 5.74) is 4.47. The van der Waals surface area contributed by atoms with E-state index in [1.807, 2.05) is 24.3 Å². The Balaban J connectivity index is 1.75. The van der Waals surface area contributed by atoms with Crippen LogP contribution >= 0.6 is 11.6 Å². The Hall–Kier alpha value is -2.66. The average Bonchev–Trinajstić information content (AvgIpc) is 2.63. The maximum absolute atomic E-state index is 6.17. The summed E-state index contributed by atoms with van der Waals surface area (Å²) in [5, 5.41) is 15.3. The third-order valence-electron chi connectivity index (χ3n) is 3.95. The summed E-state index contributed by atoms with van der Waals surface area (Å²) in [6.45, 7) is 4.75. The van der Waals surface area contributed by atoms with Gasteiger partial charge in [0.25, 0.3) is 0 Å². The lowest BCUT2D eigenvalue weighted by atomic mass is 10.1. The zero-order valence-electron chi connectivity index (χ0n) is 14.3. The summed E-state index contributed by atoms with van der Waals surface area (Å²) in [6, 6.07) is 13.9. The van der Waals surface area contributed by atoms with Crippen molar-refractivity contribution in [2.45, 2.75) is 26.8 Å². The Labute approximate surface area is 152 Å². The molecule has 0 unspecified atom stereocenters. The summed E-state index contributed by atoms with van der Waals surface area (Å²) in [5.74, 6) is 1.11. The molecular weight excluding hydrogens is 334 g/mol. The molecule has 6 heteroatoms. The van der Waals surface area contributed by atoms with Crippen LogP contribution < -0.4 is 10.6 Å². The van der Waals surface area contributed by atoms with E-state index < -0.39 is 0 Å². The van der Waals surface area contributed by atoms with Gasteiger partial charge in [0, 0.05) is 17.3 Å². The van der Waals surface area contributed by atoms with Crippen LogP contribution in [0.4, 0.5) is 17.5 Å². The van der Waals surface area contributed by atoms with Gasteiger partial charge in [-0.15, -0.1) is 5.10 Å². The zero-order valence-corrected chi connectivity index (χ0v) is 15.0. The van der Waals surface area contributed by atoms with Crippen LogP contribution in [0.2, 0.25) is 5.02 Å².